The number of para-hydroxylation sites is 2. The summed E-state index contributed by atoms with van der Waals surface area (Å²) in [6.07, 6.45) is 2.02. The van der Waals surface area contributed by atoms with E-state index < -0.39 is 0 Å². The van der Waals surface area contributed by atoms with E-state index in [1.165, 1.54) is 5.39 Å². The molecule has 0 bridgehead atoms. The summed E-state index contributed by atoms with van der Waals surface area (Å²) in [6.45, 7) is 1.68. The molecular formula is C18H16N2O. The number of aromatic nitrogens is 1. The second kappa shape index (κ2) is 4.48. The molecular weight excluding hydrogens is 260 g/mol. The molecule has 3 heteroatoms. The summed E-state index contributed by atoms with van der Waals surface area (Å²) in [4.78, 5) is 15.5. The first-order valence-electron chi connectivity index (χ1n) is 7.17. The standard InChI is InChI=1S/C18H16N2O/c1-11(21)17-13-7-3-5-9-16(13)20-18(17)14-10-19-15-8-4-2-6-12(14)15/h2-10,17-20H,1H3. The molecule has 4 rings (SSSR count). The number of carbonyl (C=O) groups is 1. The van der Waals surface area contributed by atoms with Crippen LogP contribution in [0.3, 0.4) is 0 Å². The fraction of sp³-hybridized carbons (Fsp3) is 0.167. The summed E-state index contributed by atoms with van der Waals surface area (Å²) in [5.41, 5.74) is 4.42. The van der Waals surface area contributed by atoms with E-state index in [-0.39, 0.29) is 17.7 Å². The van der Waals surface area contributed by atoms with Gasteiger partial charge in [0.1, 0.15) is 5.78 Å². The number of anilines is 1. The van der Waals surface area contributed by atoms with Crippen LogP contribution in [-0.2, 0) is 4.79 Å². The molecule has 0 saturated carbocycles. The summed E-state index contributed by atoms with van der Waals surface area (Å²) in [5.74, 6) is 0.0723. The van der Waals surface area contributed by atoms with Gasteiger partial charge < -0.3 is 10.3 Å². The number of Topliss-reactive ketones (excluding diaryl/α,β-unsaturated/α-hetero) is 1. The van der Waals surface area contributed by atoms with Gasteiger partial charge in [-0.05, 0) is 24.6 Å². The SMILES string of the molecule is CC(=O)C1c2ccccc2NC1c1c[nH]c2ccccc12. The molecule has 21 heavy (non-hydrogen) atoms. The van der Waals surface area contributed by atoms with Crippen LogP contribution in [0.25, 0.3) is 10.9 Å². The first-order valence-corrected chi connectivity index (χ1v) is 7.17. The average molecular weight is 276 g/mol. The van der Waals surface area contributed by atoms with Crippen molar-refractivity contribution in [1.29, 1.82) is 0 Å². The van der Waals surface area contributed by atoms with Gasteiger partial charge in [-0.2, -0.15) is 0 Å². The quantitative estimate of drug-likeness (QED) is 0.743. The average Bonchev–Trinajstić information content (AvgIpc) is 3.08. The lowest BCUT2D eigenvalue weighted by Crippen LogP contribution is -2.17. The van der Waals surface area contributed by atoms with Gasteiger partial charge in [-0.1, -0.05) is 36.4 Å². The number of aromatic amines is 1. The van der Waals surface area contributed by atoms with Crippen LogP contribution in [0.15, 0.2) is 54.7 Å². The first-order chi connectivity index (χ1) is 10.3. The highest BCUT2D eigenvalue weighted by atomic mass is 16.1. The van der Waals surface area contributed by atoms with Crippen molar-refractivity contribution in [2.75, 3.05) is 5.32 Å². The number of benzene rings is 2. The zero-order valence-corrected chi connectivity index (χ0v) is 11.8. The van der Waals surface area contributed by atoms with Gasteiger partial charge in [-0.25, -0.2) is 0 Å². The number of nitrogens with one attached hydrogen (secondary N) is 2. The van der Waals surface area contributed by atoms with Crippen molar-refractivity contribution in [3.05, 3.63) is 65.9 Å². The molecule has 0 amide bonds. The maximum Gasteiger partial charge on any atom is 0.139 e. The number of fused-ring (bicyclic) bond motifs is 2. The second-order valence-corrected chi connectivity index (χ2v) is 5.59. The Hall–Kier alpha value is -2.55. The van der Waals surface area contributed by atoms with Crippen LogP contribution < -0.4 is 5.32 Å². The van der Waals surface area contributed by atoms with Crippen LogP contribution in [0.1, 0.15) is 30.0 Å². The van der Waals surface area contributed by atoms with Gasteiger partial charge >= 0.3 is 0 Å². The molecule has 104 valence electrons. The smallest absolute Gasteiger partial charge is 0.139 e. The van der Waals surface area contributed by atoms with Gasteiger partial charge in [-0.3, -0.25) is 4.79 Å². The molecule has 3 nitrogen and oxygen atoms in total. The van der Waals surface area contributed by atoms with E-state index >= 15 is 0 Å². The highest BCUT2D eigenvalue weighted by Crippen LogP contribution is 2.45. The molecule has 2 atom stereocenters. The summed E-state index contributed by atoms with van der Waals surface area (Å²) in [7, 11) is 0. The highest BCUT2D eigenvalue weighted by molar-refractivity contribution is 5.92. The van der Waals surface area contributed by atoms with Crippen LogP contribution in [0, 0.1) is 0 Å². The Morgan fingerprint density at radius 1 is 1.00 bits per heavy atom. The predicted molar refractivity (Wildman–Crippen MR) is 84.5 cm³/mol. The third kappa shape index (κ3) is 1.77. The highest BCUT2D eigenvalue weighted by Gasteiger charge is 2.37. The van der Waals surface area contributed by atoms with E-state index in [9.17, 15) is 4.79 Å². The first kappa shape index (κ1) is 12.2. The Morgan fingerprint density at radius 2 is 1.76 bits per heavy atom. The summed E-state index contributed by atoms with van der Waals surface area (Å²) >= 11 is 0. The van der Waals surface area contributed by atoms with Crippen LogP contribution >= 0.6 is 0 Å². The van der Waals surface area contributed by atoms with Gasteiger partial charge in [0.05, 0.1) is 12.0 Å². The summed E-state index contributed by atoms with van der Waals surface area (Å²) in [6, 6.07) is 16.3. The lowest BCUT2D eigenvalue weighted by atomic mass is 9.87. The largest absolute Gasteiger partial charge is 0.377 e. The van der Waals surface area contributed by atoms with Gasteiger partial charge in [0.2, 0.25) is 0 Å². The fourth-order valence-corrected chi connectivity index (χ4v) is 3.39. The van der Waals surface area contributed by atoms with Gasteiger partial charge in [0.15, 0.2) is 0 Å². The minimum absolute atomic E-state index is 0.00366. The maximum absolute atomic E-state index is 12.2. The zero-order chi connectivity index (χ0) is 14.4. The minimum Gasteiger partial charge on any atom is -0.377 e. The van der Waals surface area contributed by atoms with Crippen molar-refractivity contribution in [3.8, 4) is 0 Å². The van der Waals surface area contributed by atoms with Crippen LogP contribution in [-0.4, -0.2) is 10.8 Å². The Bertz CT molecular complexity index is 834. The number of rotatable bonds is 2. The molecule has 1 aliphatic heterocycles. The minimum atomic E-state index is -0.125. The number of carbonyl (C=O) groups excluding carboxylic acids is 1. The summed E-state index contributed by atoms with van der Waals surface area (Å²) in [5, 5.41) is 4.69. The Labute approximate surface area is 123 Å². The van der Waals surface area contributed by atoms with E-state index in [0.717, 1.165) is 22.3 Å². The molecule has 0 saturated heterocycles. The monoisotopic (exact) mass is 276 g/mol. The number of hydrogen-bond donors (Lipinski definition) is 2. The Kier molecular flexibility index (Phi) is 2.61. The summed E-state index contributed by atoms with van der Waals surface area (Å²) < 4.78 is 0. The molecule has 2 N–H and O–H groups in total. The molecule has 0 spiro atoms. The van der Waals surface area contributed by atoms with Crippen molar-refractivity contribution in [2.45, 2.75) is 18.9 Å². The number of hydrogen-bond acceptors (Lipinski definition) is 2. The third-order valence-electron chi connectivity index (χ3n) is 4.33. The number of H-pyrrole nitrogens is 1. The van der Waals surface area contributed by atoms with E-state index in [0.29, 0.717) is 0 Å². The second-order valence-electron chi connectivity index (χ2n) is 5.59. The Morgan fingerprint density at radius 3 is 2.62 bits per heavy atom. The lowest BCUT2D eigenvalue weighted by Gasteiger charge is -2.17. The third-order valence-corrected chi connectivity index (χ3v) is 4.33. The normalized spacial score (nSPS) is 20.2. The van der Waals surface area contributed by atoms with E-state index in [4.69, 9.17) is 0 Å². The van der Waals surface area contributed by atoms with Crippen LogP contribution in [0.4, 0.5) is 5.69 Å². The molecule has 1 aliphatic rings. The molecule has 3 aromatic rings. The Balaban J connectivity index is 1.87. The fourth-order valence-electron chi connectivity index (χ4n) is 3.39. The molecule has 0 radical (unpaired) electrons. The van der Waals surface area contributed by atoms with Crippen molar-refractivity contribution in [2.24, 2.45) is 0 Å². The molecule has 1 aromatic heterocycles. The predicted octanol–water partition coefficient (Wildman–Crippen LogP) is 4.01. The van der Waals surface area contributed by atoms with Crippen LogP contribution in [0.2, 0.25) is 0 Å². The van der Waals surface area contributed by atoms with E-state index in [2.05, 4.69) is 22.4 Å². The van der Waals surface area contributed by atoms with E-state index in [1.807, 2.05) is 42.6 Å². The van der Waals surface area contributed by atoms with Gasteiger partial charge in [0, 0.05) is 28.4 Å². The topological polar surface area (TPSA) is 44.9 Å². The van der Waals surface area contributed by atoms with Crippen LogP contribution in [0.5, 0.6) is 0 Å². The molecule has 0 aliphatic carbocycles. The molecule has 0 fully saturated rings. The number of ketones is 1. The molecule has 2 unspecified atom stereocenters. The zero-order valence-electron chi connectivity index (χ0n) is 11.8. The van der Waals surface area contributed by atoms with Crippen molar-refractivity contribution in [1.82, 2.24) is 4.98 Å². The lowest BCUT2D eigenvalue weighted by molar-refractivity contribution is -0.118. The van der Waals surface area contributed by atoms with E-state index in [1.54, 1.807) is 6.92 Å². The molecule has 2 heterocycles. The van der Waals surface area contributed by atoms with Crippen molar-refractivity contribution >= 4 is 22.4 Å². The molecule has 2 aromatic carbocycles. The van der Waals surface area contributed by atoms with Crippen molar-refractivity contribution < 1.29 is 4.79 Å². The van der Waals surface area contributed by atoms with Crippen molar-refractivity contribution in [3.63, 3.8) is 0 Å². The van der Waals surface area contributed by atoms with Gasteiger partial charge in [-0.15, -0.1) is 0 Å². The van der Waals surface area contributed by atoms with Gasteiger partial charge in [0.25, 0.3) is 0 Å². The maximum atomic E-state index is 12.2.